The van der Waals surface area contributed by atoms with Gasteiger partial charge in [-0.1, -0.05) is 36.4 Å². The molecule has 3 aromatic rings. The number of rotatable bonds is 9. The van der Waals surface area contributed by atoms with Gasteiger partial charge in [-0.15, -0.1) is 0 Å². The van der Waals surface area contributed by atoms with Crippen molar-refractivity contribution in [1.82, 2.24) is 19.0 Å². The number of methoxy groups -OCH3 is 1. The van der Waals surface area contributed by atoms with Crippen molar-refractivity contribution in [2.75, 3.05) is 62.9 Å². The highest BCUT2D eigenvalue weighted by Crippen LogP contribution is 2.33. The molecule has 0 saturated carbocycles. The van der Waals surface area contributed by atoms with Crippen LogP contribution >= 0.6 is 0 Å². The molecular formula is C30H39FN6O4S. The fourth-order valence-corrected chi connectivity index (χ4v) is 6.68. The van der Waals surface area contributed by atoms with E-state index >= 15 is 0 Å². The summed E-state index contributed by atoms with van der Waals surface area (Å²) in [5.41, 5.74) is 7.13. The molecule has 226 valence electrons. The fourth-order valence-electron chi connectivity index (χ4n) is 5.90. The van der Waals surface area contributed by atoms with E-state index in [1.165, 1.54) is 17.7 Å². The van der Waals surface area contributed by atoms with Crippen LogP contribution in [0.2, 0.25) is 0 Å². The van der Waals surface area contributed by atoms with Crippen LogP contribution in [0.25, 0.3) is 11.3 Å². The van der Waals surface area contributed by atoms with Gasteiger partial charge >= 0.3 is 6.09 Å². The van der Waals surface area contributed by atoms with Crippen molar-refractivity contribution in [3.05, 3.63) is 64.8 Å². The number of nitrogens with zero attached hydrogens (tertiary/aromatic N) is 5. The van der Waals surface area contributed by atoms with Crippen molar-refractivity contribution in [3.8, 4) is 11.3 Å². The van der Waals surface area contributed by atoms with Crippen molar-refractivity contribution in [1.29, 1.82) is 0 Å². The number of piperazine rings is 1. The molecule has 2 aromatic carbocycles. The average Bonchev–Trinajstić information content (AvgIpc) is 3.35. The van der Waals surface area contributed by atoms with Gasteiger partial charge in [0.2, 0.25) is 10.0 Å². The Bertz CT molecular complexity index is 1520. The molecule has 1 aromatic heterocycles. The number of carbonyl (C=O) groups is 1. The van der Waals surface area contributed by atoms with Crippen LogP contribution < -0.4 is 10.2 Å². The second-order valence-corrected chi connectivity index (χ2v) is 12.9. The van der Waals surface area contributed by atoms with Crippen LogP contribution in [0.15, 0.2) is 42.5 Å². The van der Waals surface area contributed by atoms with Crippen LogP contribution in [0.3, 0.4) is 0 Å². The molecule has 42 heavy (non-hydrogen) atoms. The van der Waals surface area contributed by atoms with Gasteiger partial charge in [0.15, 0.2) is 0 Å². The van der Waals surface area contributed by atoms with E-state index in [0.717, 1.165) is 85.1 Å². The first-order valence-corrected chi connectivity index (χ1v) is 16.1. The Morgan fingerprint density at radius 1 is 1.05 bits per heavy atom. The third-order valence-electron chi connectivity index (χ3n) is 8.14. The van der Waals surface area contributed by atoms with Crippen molar-refractivity contribution >= 4 is 27.5 Å². The van der Waals surface area contributed by atoms with E-state index in [2.05, 4.69) is 15.1 Å². The topological polar surface area (TPSA) is 100 Å². The van der Waals surface area contributed by atoms with Crippen LogP contribution in [0.5, 0.6) is 0 Å². The van der Waals surface area contributed by atoms with Crippen LogP contribution in [0, 0.1) is 6.92 Å². The molecule has 0 unspecified atom stereocenters. The van der Waals surface area contributed by atoms with E-state index in [4.69, 9.17) is 9.84 Å². The molecule has 0 aliphatic carbocycles. The third kappa shape index (κ3) is 6.61. The highest BCUT2D eigenvalue weighted by atomic mass is 32.2. The second-order valence-electron chi connectivity index (χ2n) is 10.9. The van der Waals surface area contributed by atoms with Crippen LogP contribution in [0.4, 0.5) is 20.6 Å². The number of fused-ring (bicyclic) bond motifs is 1. The van der Waals surface area contributed by atoms with E-state index in [1.807, 2.05) is 41.9 Å². The third-order valence-corrected chi connectivity index (χ3v) is 9.39. The first kappa shape index (κ1) is 30.0. The standard InChI is InChI=1S/C30H39FN6O4S/c1-22-6-4-7-26(32-30(38)41-2)29(22)35-18-16-34(17-19-35)13-5-14-37-27-12-15-36(42(3,39)40)21-25(27)28(33-37)24-10-8-23(20-31)9-11-24/h4,6-11H,5,12-21H2,1-3H3,(H,32,38). The van der Waals surface area contributed by atoms with E-state index in [0.29, 0.717) is 25.1 Å². The zero-order chi connectivity index (χ0) is 29.9. The van der Waals surface area contributed by atoms with E-state index < -0.39 is 22.8 Å². The van der Waals surface area contributed by atoms with Gasteiger partial charge in [0.25, 0.3) is 0 Å². The summed E-state index contributed by atoms with van der Waals surface area (Å²) in [6.45, 7) is 7.39. The molecular weight excluding hydrogens is 559 g/mol. The lowest BCUT2D eigenvalue weighted by Crippen LogP contribution is -2.47. The lowest BCUT2D eigenvalue weighted by atomic mass is 10.0. The van der Waals surface area contributed by atoms with Crippen molar-refractivity contribution in [2.24, 2.45) is 0 Å². The molecule has 0 bridgehead atoms. The zero-order valence-corrected chi connectivity index (χ0v) is 25.3. The van der Waals surface area contributed by atoms with Crippen LogP contribution in [-0.4, -0.2) is 86.1 Å². The number of carbonyl (C=O) groups excluding carboxylic acids is 1. The maximum absolute atomic E-state index is 13.1. The number of sulfonamides is 1. The van der Waals surface area contributed by atoms with Crippen LogP contribution in [-0.2, 0) is 40.9 Å². The summed E-state index contributed by atoms with van der Waals surface area (Å²) in [6, 6.07) is 13.1. The number of aryl methyl sites for hydroxylation is 2. The summed E-state index contributed by atoms with van der Waals surface area (Å²) in [5.74, 6) is 0. The van der Waals surface area contributed by atoms with Gasteiger partial charge in [-0.25, -0.2) is 17.6 Å². The molecule has 1 amide bonds. The number of hydrogen-bond acceptors (Lipinski definition) is 7. The van der Waals surface area contributed by atoms with E-state index in [1.54, 1.807) is 12.1 Å². The van der Waals surface area contributed by atoms with Gasteiger partial charge in [-0.2, -0.15) is 9.40 Å². The molecule has 2 aliphatic heterocycles. The van der Waals surface area contributed by atoms with Gasteiger partial charge < -0.3 is 9.64 Å². The SMILES string of the molecule is COC(=O)Nc1cccc(C)c1N1CCN(CCCn2nc(-c3ccc(CF)cc3)c3c2CCN(S(C)(=O)=O)C3)CC1. The maximum Gasteiger partial charge on any atom is 0.411 e. The smallest absolute Gasteiger partial charge is 0.411 e. The first-order valence-electron chi connectivity index (χ1n) is 14.3. The minimum Gasteiger partial charge on any atom is -0.453 e. The molecule has 0 spiro atoms. The molecule has 3 heterocycles. The minimum atomic E-state index is -3.33. The minimum absolute atomic E-state index is 0.294. The normalized spacial score (nSPS) is 16.3. The largest absolute Gasteiger partial charge is 0.453 e. The molecule has 1 saturated heterocycles. The number of anilines is 2. The maximum atomic E-state index is 13.1. The number of aromatic nitrogens is 2. The van der Waals surface area contributed by atoms with E-state index in [9.17, 15) is 17.6 Å². The average molecular weight is 599 g/mol. The highest BCUT2D eigenvalue weighted by Gasteiger charge is 2.30. The fraction of sp³-hybridized carbons (Fsp3) is 0.467. The summed E-state index contributed by atoms with van der Waals surface area (Å²) in [4.78, 5) is 16.6. The van der Waals surface area contributed by atoms with Gasteiger partial charge in [0.1, 0.15) is 6.67 Å². The second kappa shape index (κ2) is 12.8. The molecule has 1 fully saturated rings. The summed E-state index contributed by atoms with van der Waals surface area (Å²) >= 11 is 0. The summed E-state index contributed by atoms with van der Waals surface area (Å²) < 4.78 is 46.1. The Morgan fingerprint density at radius 2 is 1.79 bits per heavy atom. The quantitative estimate of drug-likeness (QED) is 0.397. The van der Waals surface area contributed by atoms with E-state index in [-0.39, 0.29) is 0 Å². The molecule has 1 N–H and O–H groups in total. The lowest BCUT2D eigenvalue weighted by molar-refractivity contribution is 0.187. The van der Waals surface area contributed by atoms with Crippen LogP contribution in [0.1, 0.15) is 28.8 Å². The van der Waals surface area contributed by atoms with Gasteiger partial charge in [-0.3, -0.25) is 14.9 Å². The Kier molecular flexibility index (Phi) is 9.14. The molecule has 12 heteroatoms. The Morgan fingerprint density at radius 3 is 2.45 bits per heavy atom. The number of halogens is 1. The first-order chi connectivity index (χ1) is 20.2. The molecule has 5 rings (SSSR count). The molecule has 2 aliphatic rings. The Labute approximate surface area is 247 Å². The predicted octanol–water partition coefficient (Wildman–Crippen LogP) is 4.04. The number of alkyl halides is 1. The number of hydrogen-bond donors (Lipinski definition) is 1. The number of ether oxygens (including phenoxy) is 1. The molecule has 10 nitrogen and oxygen atoms in total. The number of amides is 1. The van der Waals surface area contributed by atoms with Gasteiger partial charge in [0.05, 0.1) is 30.4 Å². The number of nitrogens with one attached hydrogen (secondary N) is 1. The summed E-state index contributed by atoms with van der Waals surface area (Å²) in [6.07, 6.45) is 2.27. The number of para-hydroxylation sites is 1. The molecule has 0 atom stereocenters. The van der Waals surface area contributed by atoms with Crippen molar-refractivity contribution in [2.45, 2.75) is 39.5 Å². The monoisotopic (exact) mass is 598 g/mol. The van der Waals surface area contributed by atoms with Gasteiger partial charge in [-0.05, 0) is 30.5 Å². The lowest BCUT2D eigenvalue weighted by Gasteiger charge is -2.37. The predicted molar refractivity (Wildman–Crippen MR) is 162 cm³/mol. The summed E-state index contributed by atoms with van der Waals surface area (Å²) in [7, 11) is -1.97. The number of benzene rings is 2. The summed E-state index contributed by atoms with van der Waals surface area (Å²) in [5, 5.41) is 7.79. The Balaban J connectivity index is 1.24. The highest BCUT2D eigenvalue weighted by molar-refractivity contribution is 7.88. The zero-order valence-electron chi connectivity index (χ0n) is 24.5. The van der Waals surface area contributed by atoms with Crippen molar-refractivity contribution < 1.29 is 22.3 Å². The molecule has 0 radical (unpaired) electrons. The van der Waals surface area contributed by atoms with Gasteiger partial charge in [0, 0.05) is 75.6 Å². The van der Waals surface area contributed by atoms with Crippen molar-refractivity contribution in [3.63, 3.8) is 0 Å². The Hall–Kier alpha value is -3.48.